The van der Waals surface area contributed by atoms with Gasteiger partial charge in [-0.05, 0) is 42.3 Å². The highest BCUT2D eigenvalue weighted by atomic mass is 19.1. The Kier molecular flexibility index (Phi) is 5.22. The molecule has 0 unspecified atom stereocenters. The van der Waals surface area contributed by atoms with Gasteiger partial charge in [-0.15, -0.1) is 0 Å². The molecule has 6 rings (SSSR count). The van der Waals surface area contributed by atoms with E-state index < -0.39 is 0 Å². The number of aromatic nitrogens is 7. The van der Waals surface area contributed by atoms with Crippen molar-refractivity contribution in [3.8, 4) is 33.9 Å². The van der Waals surface area contributed by atoms with Crippen LogP contribution >= 0.6 is 0 Å². The summed E-state index contributed by atoms with van der Waals surface area (Å²) >= 11 is 0. The number of nitrogens with one attached hydrogen (secondary N) is 3. The fourth-order valence-corrected chi connectivity index (χ4v) is 4.12. The zero-order valence-electron chi connectivity index (χ0n) is 19.4. The predicted molar refractivity (Wildman–Crippen MR) is 138 cm³/mol. The molecule has 9 heteroatoms. The maximum atomic E-state index is 13.9. The number of rotatable bonds is 6. The van der Waals surface area contributed by atoms with Gasteiger partial charge >= 0.3 is 0 Å². The number of aromatic amines is 2. The lowest BCUT2D eigenvalue weighted by Crippen LogP contribution is -1.97. The monoisotopic (exact) mass is 476 g/mol. The molecular formula is C27H21FN8. The van der Waals surface area contributed by atoms with Crippen molar-refractivity contribution in [1.29, 1.82) is 0 Å². The first-order chi connectivity index (χ1) is 17.6. The molecule has 0 bridgehead atoms. The molecule has 0 radical (unpaired) electrons. The van der Waals surface area contributed by atoms with Gasteiger partial charge < -0.3 is 10.3 Å². The largest absolute Gasteiger partial charge is 0.358 e. The van der Waals surface area contributed by atoms with Gasteiger partial charge in [-0.2, -0.15) is 5.10 Å². The average Bonchev–Trinajstić information content (AvgIpc) is 3.52. The van der Waals surface area contributed by atoms with Crippen molar-refractivity contribution in [2.24, 2.45) is 0 Å². The Morgan fingerprint density at radius 1 is 1.06 bits per heavy atom. The second-order valence-electron chi connectivity index (χ2n) is 8.38. The molecule has 0 aliphatic carbocycles. The predicted octanol–water partition coefficient (Wildman–Crippen LogP) is 6.10. The molecule has 36 heavy (non-hydrogen) atoms. The lowest BCUT2D eigenvalue weighted by molar-refractivity contribution is 0.628. The van der Waals surface area contributed by atoms with Gasteiger partial charge in [0.2, 0.25) is 0 Å². The zero-order valence-corrected chi connectivity index (χ0v) is 19.4. The second-order valence-corrected chi connectivity index (χ2v) is 8.38. The summed E-state index contributed by atoms with van der Waals surface area (Å²) in [6.45, 7) is 6.04. The lowest BCUT2D eigenvalue weighted by Gasteiger charge is -2.08. The van der Waals surface area contributed by atoms with E-state index in [4.69, 9.17) is 0 Å². The zero-order chi connectivity index (χ0) is 24.6. The minimum atomic E-state index is -0.303. The molecule has 5 heterocycles. The third-order valence-corrected chi connectivity index (χ3v) is 5.98. The number of benzene rings is 1. The summed E-state index contributed by atoms with van der Waals surface area (Å²) in [4.78, 5) is 21.4. The van der Waals surface area contributed by atoms with E-state index in [1.807, 2.05) is 31.2 Å². The van der Waals surface area contributed by atoms with Gasteiger partial charge in [0.25, 0.3) is 0 Å². The molecule has 176 valence electrons. The van der Waals surface area contributed by atoms with E-state index >= 15 is 0 Å². The van der Waals surface area contributed by atoms with E-state index in [-0.39, 0.29) is 5.82 Å². The van der Waals surface area contributed by atoms with Crippen LogP contribution in [0.3, 0.4) is 0 Å². The van der Waals surface area contributed by atoms with Gasteiger partial charge in [0.05, 0.1) is 34.8 Å². The molecular weight excluding hydrogens is 455 g/mol. The van der Waals surface area contributed by atoms with Crippen LogP contribution in [0.15, 0.2) is 79.5 Å². The molecule has 0 amide bonds. The number of hydrogen-bond acceptors (Lipinski definition) is 6. The average molecular weight is 477 g/mol. The number of fused-ring (bicyclic) bond motifs is 2. The van der Waals surface area contributed by atoms with Gasteiger partial charge in [0, 0.05) is 34.6 Å². The molecule has 0 spiro atoms. The second kappa shape index (κ2) is 8.70. The standard InChI is InChI=1S/C27H21FN8/c1-3-15(2)32-19-10-17(12-29-13-19)22-11-21-23(14-31-22)35-36-25(21)27-33-24-20(7-8-30-26(24)34-27)16-5-4-6-18(28)9-16/h4-14,32H,2-3H2,1H3,(H,35,36)(H,30,33,34). The third kappa shape index (κ3) is 3.86. The van der Waals surface area contributed by atoms with Crippen LogP contribution in [0, 0.1) is 5.82 Å². The third-order valence-electron chi connectivity index (χ3n) is 5.98. The molecule has 0 fully saturated rings. The number of imidazole rings is 1. The highest BCUT2D eigenvalue weighted by molar-refractivity contribution is 5.96. The van der Waals surface area contributed by atoms with Crippen LogP contribution in [0.1, 0.15) is 13.3 Å². The van der Waals surface area contributed by atoms with Crippen LogP contribution < -0.4 is 5.32 Å². The van der Waals surface area contributed by atoms with E-state index in [1.165, 1.54) is 12.1 Å². The molecule has 5 aromatic heterocycles. The maximum absolute atomic E-state index is 13.9. The highest BCUT2D eigenvalue weighted by Crippen LogP contribution is 2.32. The summed E-state index contributed by atoms with van der Waals surface area (Å²) in [6.07, 6.45) is 7.75. The van der Waals surface area contributed by atoms with Crippen molar-refractivity contribution >= 4 is 27.8 Å². The van der Waals surface area contributed by atoms with Crippen LogP contribution in [-0.2, 0) is 0 Å². The molecule has 8 nitrogen and oxygen atoms in total. The fraction of sp³-hybridized carbons (Fsp3) is 0.0741. The van der Waals surface area contributed by atoms with Gasteiger partial charge in [0.1, 0.15) is 11.5 Å². The van der Waals surface area contributed by atoms with E-state index in [2.05, 4.69) is 47.0 Å². The normalized spacial score (nSPS) is 11.3. The summed E-state index contributed by atoms with van der Waals surface area (Å²) in [5.41, 5.74) is 7.56. The molecule has 0 aliphatic rings. The number of H-pyrrole nitrogens is 2. The van der Waals surface area contributed by atoms with Gasteiger partial charge in [-0.25, -0.2) is 14.4 Å². The van der Waals surface area contributed by atoms with Gasteiger partial charge in [-0.3, -0.25) is 15.1 Å². The number of allylic oxidation sites excluding steroid dienone is 1. The Hall–Kier alpha value is -4.92. The summed E-state index contributed by atoms with van der Waals surface area (Å²) in [5.74, 6) is 0.251. The molecule has 0 atom stereocenters. The Morgan fingerprint density at radius 2 is 1.97 bits per heavy atom. The topological polar surface area (TPSA) is 108 Å². The fourth-order valence-electron chi connectivity index (χ4n) is 4.12. The smallest absolute Gasteiger partial charge is 0.178 e. The Labute approximate surface area is 205 Å². The summed E-state index contributed by atoms with van der Waals surface area (Å²) in [7, 11) is 0. The number of anilines is 1. The minimum absolute atomic E-state index is 0.303. The molecule has 0 aliphatic heterocycles. The molecule has 6 aromatic rings. The first kappa shape index (κ1) is 21.6. The van der Waals surface area contributed by atoms with Crippen molar-refractivity contribution in [3.63, 3.8) is 0 Å². The van der Waals surface area contributed by atoms with Crippen molar-refractivity contribution < 1.29 is 4.39 Å². The number of nitrogens with zero attached hydrogens (tertiary/aromatic N) is 5. The Balaban J connectivity index is 1.43. The van der Waals surface area contributed by atoms with Crippen LogP contribution in [-0.4, -0.2) is 35.1 Å². The minimum Gasteiger partial charge on any atom is -0.358 e. The van der Waals surface area contributed by atoms with Crippen LogP contribution in [0.25, 0.3) is 56.0 Å². The summed E-state index contributed by atoms with van der Waals surface area (Å²) < 4.78 is 13.9. The molecule has 0 saturated heterocycles. The van der Waals surface area contributed by atoms with Crippen molar-refractivity contribution in [1.82, 2.24) is 35.1 Å². The number of pyridine rings is 3. The Bertz CT molecular complexity index is 1750. The molecule has 3 N–H and O–H groups in total. The first-order valence-electron chi connectivity index (χ1n) is 11.4. The maximum Gasteiger partial charge on any atom is 0.178 e. The number of halogens is 1. The van der Waals surface area contributed by atoms with Crippen LogP contribution in [0.2, 0.25) is 0 Å². The summed E-state index contributed by atoms with van der Waals surface area (Å²) in [5, 5.41) is 11.6. The van der Waals surface area contributed by atoms with E-state index in [1.54, 1.807) is 30.9 Å². The van der Waals surface area contributed by atoms with Crippen LogP contribution in [0.5, 0.6) is 0 Å². The van der Waals surface area contributed by atoms with Gasteiger partial charge in [-0.1, -0.05) is 25.6 Å². The quantitative estimate of drug-likeness (QED) is 0.268. The highest BCUT2D eigenvalue weighted by Gasteiger charge is 2.17. The van der Waals surface area contributed by atoms with E-state index in [0.717, 1.165) is 51.1 Å². The van der Waals surface area contributed by atoms with Crippen molar-refractivity contribution in [3.05, 3.63) is 85.3 Å². The van der Waals surface area contributed by atoms with E-state index in [0.29, 0.717) is 22.7 Å². The Morgan fingerprint density at radius 3 is 2.83 bits per heavy atom. The van der Waals surface area contributed by atoms with E-state index in [9.17, 15) is 4.39 Å². The van der Waals surface area contributed by atoms with Crippen molar-refractivity contribution in [2.45, 2.75) is 13.3 Å². The van der Waals surface area contributed by atoms with Crippen molar-refractivity contribution in [2.75, 3.05) is 5.32 Å². The summed E-state index contributed by atoms with van der Waals surface area (Å²) in [6, 6.07) is 12.2. The van der Waals surface area contributed by atoms with Gasteiger partial charge in [0.15, 0.2) is 11.5 Å². The lowest BCUT2D eigenvalue weighted by atomic mass is 10.1. The molecule has 1 aromatic carbocycles. The van der Waals surface area contributed by atoms with Crippen LogP contribution in [0.4, 0.5) is 10.1 Å². The SMILES string of the molecule is C=C(CC)Nc1cncc(-c2cc3c(-c4nc5nccc(-c6cccc(F)c6)c5[nH]4)n[nH]c3cn2)c1. The number of hydrogen-bond donors (Lipinski definition) is 3. The first-order valence-corrected chi connectivity index (χ1v) is 11.4. The molecule has 0 saturated carbocycles.